The highest BCUT2D eigenvalue weighted by molar-refractivity contribution is 5.31. The largest absolute Gasteiger partial charge is 0.508 e. The summed E-state index contributed by atoms with van der Waals surface area (Å²) in [6.07, 6.45) is 4.51. The topological polar surface area (TPSA) is 58.3 Å². The highest BCUT2D eigenvalue weighted by Crippen LogP contribution is 2.19. The summed E-state index contributed by atoms with van der Waals surface area (Å²) < 4.78 is 0. The first-order valence-corrected chi connectivity index (χ1v) is 6.01. The number of nitrogens with one attached hydrogen (secondary N) is 1. The van der Waals surface area contributed by atoms with Crippen molar-refractivity contribution in [1.82, 2.24) is 5.32 Å². The molecule has 0 aromatic heterocycles. The van der Waals surface area contributed by atoms with Gasteiger partial charge in [-0.05, 0) is 31.7 Å². The lowest BCUT2D eigenvalue weighted by Gasteiger charge is -2.27. The fourth-order valence-corrected chi connectivity index (χ4v) is 2.24. The van der Waals surface area contributed by atoms with Crippen molar-refractivity contribution in [2.24, 2.45) is 5.73 Å². The van der Waals surface area contributed by atoms with Crippen molar-refractivity contribution in [2.75, 3.05) is 0 Å². The van der Waals surface area contributed by atoms with Gasteiger partial charge in [0.1, 0.15) is 5.75 Å². The van der Waals surface area contributed by atoms with Crippen LogP contribution in [0.2, 0.25) is 0 Å². The van der Waals surface area contributed by atoms with Gasteiger partial charge in [0.15, 0.2) is 0 Å². The van der Waals surface area contributed by atoms with E-state index in [1.54, 1.807) is 6.07 Å². The first-order chi connectivity index (χ1) is 7.75. The van der Waals surface area contributed by atoms with E-state index in [2.05, 4.69) is 5.32 Å². The summed E-state index contributed by atoms with van der Waals surface area (Å²) in [5.74, 6) is 0.377. The van der Waals surface area contributed by atoms with Crippen molar-refractivity contribution >= 4 is 0 Å². The molecule has 3 heteroatoms. The number of hydrogen-bond donors (Lipinski definition) is 3. The highest BCUT2D eigenvalue weighted by Gasteiger charge is 2.17. The first-order valence-electron chi connectivity index (χ1n) is 6.01. The standard InChI is InChI=1S/C13H20N2O/c14-11-5-7-12(8-6-11)15-9-10-3-1-2-4-13(10)16/h1-4,11-12,15-16H,5-9,14H2. The molecule has 4 N–H and O–H groups in total. The average molecular weight is 220 g/mol. The van der Waals surface area contributed by atoms with Crippen LogP contribution in [0, 0.1) is 0 Å². The number of phenolic OH excluding ortho intramolecular Hbond substituents is 1. The van der Waals surface area contributed by atoms with E-state index in [0.29, 0.717) is 17.8 Å². The second-order valence-corrected chi connectivity index (χ2v) is 4.62. The monoisotopic (exact) mass is 220 g/mol. The Balaban J connectivity index is 1.81. The molecule has 16 heavy (non-hydrogen) atoms. The Kier molecular flexibility index (Phi) is 3.80. The van der Waals surface area contributed by atoms with Crippen LogP contribution in [0.3, 0.4) is 0 Å². The molecule has 0 atom stereocenters. The van der Waals surface area contributed by atoms with E-state index in [1.165, 1.54) is 0 Å². The Labute approximate surface area is 96.7 Å². The van der Waals surface area contributed by atoms with Crippen LogP contribution >= 0.6 is 0 Å². The van der Waals surface area contributed by atoms with Crippen molar-refractivity contribution < 1.29 is 5.11 Å². The molecule has 88 valence electrons. The molecule has 0 bridgehead atoms. The molecular weight excluding hydrogens is 200 g/mol. The number of nitrogens with two attached hydrogens (primary N) is 1. The number of benzene rings is 1. The molecule has 1 aliphatic carbocycles. The van der Waals surface area contributed by atoms with E-state index < -0.39 is 0 Å². The van der Waals surface area contributed by atoms with Gasteiger partial charge in [0.05, 0.1) is 0 Å². The van der Waals surface area contributed by atoms with E-state index in [0.717, 1.165) is 37.8 Å². The third kappa shape index (κ3) is 2.97. The number of rotatable bonds is 3. The van der Waals surface area contributed by atoms with Gasteiger partial charge < -0.3 is 16.2 Å². The lowest BCUT2D eigenvalue weighted by atomic mass is 9.92. The number of hydrogen-bond acceptors (Lipinski definition) is 3. The van der Waals surface area contributed by atoms with Gasteiger partial charge in [0.2, 0.25) is 0 Å². The molecule has 0 spiro atoms. The molecule has 1 aliphatic rings. The minimum atomic E-state index is 0.377. The summed E-state index contributed by atoms with van der Waals surface area (Å²) in [5, 5.41) is 13.1. The number of para-hydroxylation sites is 1. The van der Waals surface area contributed by atoms with Gasteiger partial charge in [0.25, 0.3) is 0 Å². The molecule has 1 aromatic rings. The first kappa shape index (κ1) is 11.4. The Hall–Kier alpha value is -1.06. The minimum Gasteiger partial charge on any atom is -0.508 e. The van der Waals surface area contributed by atoms with Gasteiger partial charge in [-0.3, -0.25) is 0 Å². The predicted molar refractivity (Wildman–Crippen MR) is 65.2 cm³/mol. The van der Waals surface area contributed by atoms with Crippen molar-refractivity contribution in [2.45, 2.75) is 44.3 Å². The molecule has 0 saturated heterocycles. The summed E-state index contributed by atoms with van der Waals surface area (Å²) in [6.45, 7) is 0.743. The molecule has 0 amide bonds. The second-order valence-electron chi connectivity index (χ2n) is 4.62. The van der Waals surface area contributed by atoms with Crippen LogP contribution in [-0.4, -0.2) is 17.2 Å². The van der Waals surface area contributed by atoms with E-state index in [9.17, 15) is 5.11 Å². The summed E-state index contributed by atoms with van der Waals surface area (Å²) in [4.78, 5) is 0. The SMILES string of the molecule is NC1CCC(NCc2ccccc2O)CC1. The van der Waals surface area contributed by atoms with Crippen LogP contribution < -0.4 is 11.1 Å². The molecule has 3 nitrogen and oxygen atoms in total. The van der Waals surface area contributed by atoms with Gasteiger partial charge in [-0.1, -0.05) is 18.2 Å². The zero-order valence-corrected chi connectivity index (χ0v) is 9.52. The maximum atomic E-state index is 9.62. The van der Waals surface area contributed by atoms with Gasteiger partial charge in [-0.25, -0.2) is 0 Å². The van der Waals surface area contributed by atoms with E-state index in [1.807, 2.05) is 18.2 Å². The molecule has 2 rings (SSSR count). The predicted octanol–water partition coefficient (Wildman–Crippen LogP) is 1.75. The van der Waals surface area contributed by atoms with Crippen LogP contribution in [0.15, 0.2) is 24.3 Å². The normalized spacial score (nSPS) is 25.6. The van der Waals surface area contributed by atoms with Crippen LogP contribution in [-0.2, 0) is 6.54 Å². The fraction of sp³-hybridized carbons (Fsp3) is 0.538. The second kappa shape index (κ2) is 5.32. The minimum absolute atomic E-state index is 0.377. The third-order valence-electron chi connectivity index (χ3n) is 3.34. The quantitative estimate of drug-likeness (QED) is 0.727. The lowest BCUT2D eigenvalue weighted by Crippen LogP contribution is -2.37. The summed E-state index contributed by atoms with van der Waals surface area (Å²) in [7, 11) is 0. The molecule has 1 saturated carbocycles. The summed E-state index contributed by atoms with van der Waals surface area (Å²) in [5.41, 5.74) is 6.83. The van der Waals surface area contributed by atoms with Crippen LogP contribution in [0.5, 0.6) is 5.75 Å². The van der Waals surface area contributed by atoms with Crippen molar-refractivity contribution in [1.29, 1.82) is 0 Å². The van der Waals surface area contributed by atoms with Crippen LogP contribution in [0.4, 0.5) is 0 Å². The molecule has 1 fully saturated rings. The van der Waals surface area contributed by atoms with Gasteiger partial charge in [-0.15, -0.1) is 0 Å². The van der Waals surface area contributed by atoms with E-state index in [4.69, 9.17) is 5.73 Å². The Morgan fingerprint density at radius 3 is 2.56 bits per heavy atom. The van der Waals surface area contributed by atoms with Crippen LogP contribution in [0.1, 0.15) is 31.2 Å². The maximum Gasteiger partial charge on any atom is 0.120 e. The number of phenols is 1. The van der Waals surface area contributed by atoms with Gasteiger partial charge in [0, 0.05) is 24.2 Å². The Bertz CT molecular complexity index is 332. The molecule has 0 heterocycles. The zero-order valence-electron chi connectivity index (χ0n) is 9.52. The third-order valence-corrected chi connectivity index (χ3v) is 3.34. The maximum absolute atomic E-state index is 9.62. The molecule has 1 aromatic carbocycles. The lowest BCUT2D eigenvalue weighted by molar-refractivity contribution is 0.340. The summed E-state index contributed by atoms with van der Waals surface area (Å²) in [6, 6.07) is 8.43. The van der Waals surface area contributed by atoms with Crippen molar-refractivity contribution in [3.63, 3.8) is 0 Å². The molecule has 0 aliphatic heterocycles. The zero-order chi connectivity index (χ0) is 11.4. The van der Waals surface area contributed by atoms with Gasteiger partial charge in [-0.2, -0.15) is 0 Å². The molecule has 0 radical (unpaired) electrons. The summed E-state index contributed by atoms with van der Waals surface area (Å²) >= 11 is 0. The molecular formula is C13H20N2O. The van der Waals surface area contributed by atoms with Gasteiger partial charge >= 0.3 is 0 Å². The smallest absolute Gasteiger partial charge is 0.120 e. The fourth-order valence-electron chi connectivity index (χ4n) is 2.24. The number of aromatic hydroxyl groups is 1. The van der Waals surface area contributed by atoms with E-state index in [-0.39, 0.29) is 0 Å². The highest BCUT2D eigenvalue weighted by atomic mass is 16.3. The van der Waals surface area contributed by atoms with E-state index >= 15 is 0 Å². The Morgan fingerprint density at radius 2 is 1.88 bits per heavy atom. The van der Waals surface area contributed by atoms with Crippen molar-refractivity contribution in [3.8, 4) is 5.75 Å². The van der Waals surface area contributed by atoms with Crippen LogP contribution in [0.25, 0.3) is 0 Å². The van der Waals surface area contributed by atoms with Crippen molar-refractivity contribution in [3.05, 3.63) is 29.8 Å². The average Bonchev–Trinajstić information content (AvgIpc) is 2.30. The Morgan fingerprint density at radius 1 is 1.19 bits per heavy atom. The molecule has 0 unspecified atom stereocenters.